The highest BCUT2D eigenvalue weighted by Gasteiger charge is 2.38. The van der Waals surface area contributed by atoms with Gasteiger partial charge in [-0.05, 0) is 66.5 Å². The molecule has 1 aromatic carbocycles. The summed E-state index contributed by atoms with van der Waals surface area (Å²) in [6.45, 7) is 2.32. The van der Waals surface area contributed by atoms with E-state index in [0.29, 0.717) is 11.5 Å². The second kappa shape index (κ2) is 6.57. The fourth-order valence-electron chi connectivity index (χ4n) is 3.83. The molecule has 1 unspecified atom stereocenters. The molecule has 1 saturated heterocycles. The summed E-state index contributed by atoms with van der Waals surface area (Å²) in [6.07, 6.45) is 2.92. The molecule has 2 aliphatic heterocycles. The molecule has 0 bridgehead atoms. The minimum atomic E-state index is 0.0607. The quantitative estimate of drug-likeness (QED) is 0.906. The lowest BCUT2D eigenvalue weighted by molar-refractivity contribution is 0.0206. The van der Waals surface area contributed by atoms with Crippen molar-refractivity contribution in [1.82, 2.24) is 4.90 Å². The van der Waals surface area contributed by atoms with Gasteiger partial charge in [0.25, 0.3) is 5.91 Å². The molecule has 24 heavy (non-hydrogen) atoms. The van der Waals surface area contributed by atoms with Gasteiger partial charge < -0.3 is 14.7 Å². The molecule has 3 heterocycles. The van der Waals surface area contributed by atoms with Crippen LogP contribution >= 0.6 is 11.3 Å². The van der Waals surface area contributed by atoms with Crippen molar-refractivity contribution in [3.8, 4) is 5.75 Å². The summed E-state index contributed by atoms with van der Waals surface area (Å²) in [7, 11) is 0. The van der Waals surface area contributed by atoms with Crippen molar-refractivity contribution < 1.29 is 14.6 Å². The average molecular weight is 343 g/mol. The van der Waals surface area contributed by atoms with Gasteiger partial charge in [-0.3, -0.25) is 4.79 Å². The topological polar surface area (TPSA) is 49.8 Å². The molecule has 0 saturated carbocycles. The molecule has 0 aliphatic carbocycles. The Morgan fingerprint density at radius 3 is 2.67 bits per heavy atom. The molecule has 2 aliphatic rings. The number of rotatable bonds is 2. The number of aromatic hydroxyl groups is 1. The highest BCUT2D eigenvalue weighted by Crippen LogP contribution is 2.42. The molecular weight excluding hydrogens is 322 g/mol. The summed E-state index contributed by atoms with van der Waals surface area (Å²) in [5, 5.41) is 11.6. The lowest BCUT2D eigenvalue weighted by Crippen LogP contribution is -2.43. The van der Waals surface area contributed by atoms with E-state index in [-0.39, 0.29) is 17.7 Å². The Balaban J connectivity index is 1.67. The normalized spacial score (nSPS) is 21.5. The minimum Gasteiger partial charge on any atom is -0.508 e. The molecule has 4 rings (SSSR count). The number of thiophene rings is 1. The molecule has 0 spiro atoms. The fourth-order valence-corrected chi connectivity index (χ4v) is 4.99. The summed E-state index contributed by atoms with van der Waals surface area (Å²) in [5.41, 5.74) is 2.04. The second-order valence-corrected chi connectivity index (χ2v) is 7.45. The summed E-state index contributed by atoms with van der Waals surface area (Å²) in [4.78, 5) is 16.5. The van der Waals surface area contributed by atoms with E-state index in [1.165, 1.54) is 10.4 Å². The van der Waals surface area contributed by atoms with Gasteiger partial charge in [0.15, 0.2) is 0 Å². The number of carbonyl (C=O) groups is 1. The summed E-state index contributed by atoms with van der Waals surface area (Å²) in [5.74, 6) is 0.703. The number of phenols is 1. The molecule has 126 valence electrons. The maximum Gasteiger partial charge on any atom is 0.254 e. The Kier molecular flexibility index (Phi) is 4.29. The number of phenolic OH excluding ortho intramolecular Hbond substituents is 1. The monoisotopic (exact) mass is 343 g/mol. The van der Waals surface area contributed by atoms with Gasteiger partial charge in [0.05, 0.1) is 6.04 Å². The van der Waals surface area contributed by atoms with Gasteiger partial charge in [0, 0.05) is 30.2 Å². The fraction of sp³-hybridized carbons (Fsp3) is 0.421. The van der Waals surface area contributed by atoms with Gasteiger partial charge >= 0.3 is 0 Å². The third-order valence-corrected chi connectivity index (χ3v) is 6.12. The number of ether oxygens (including phenoxy) is 1. The van der Waals surface area contributed by atoms with E-state index < -0.39 is 0 Å². The van der Waals surface area contributed by atoms with E-state index in [0.717, 1.165) is 39.0 Å². The van der Waals surface area contributed by atoms with Gasteiger partial charge in [-0.1, -0.05) is 0 Å². The van der Waals surface area contributed by atoms with Crippen LogP contribution in [-0.2, 0) is 11.2 Å². The van der Waals surface area contributed by atoms with E-state index in [1.807, 2.05) is 4.90 Å². The van der Waals surface area contributed by atoms with E-state index in [9.17, 15) is 9.90 Å². The lowest BCUT2D eigenvalue weighted by Gasteiger charge is -2.41. The van der Waals surface area contributed by atoms with Crippen molar-refractivity contribution in [3.63, 3.8) is 0 Å². The maximum atomic E-state index is 13.1. The van der Waals surface area contributed by atoms with Crippen LogP contribution in [0.15, 0.2) is 35.7 Å². The Morgan fingerprint density at radius 1 is 1.17 bits per heavy atom. The Labute approximate surface area is 145 Å². The molecule has 1 atom stereocenters. The van der Waals surface area contributed by atoms with E-state index in [1.54, 1.807) is 35.6 Å². The summed E-state index contributed by atoms with van der Waals surface area (Å²) >= 11 is 1.77. The van der Waals surface area contributed by atoms with Crippen molar-refractivity contribution in [3.05, 3.63) is 51.7 Å². The number of nitrogens with zero attached hydrogens (tertiary/aromatic N) is 1. The van der Waals surface area contributed by atoms with Crippen LogP contribution in [0.3, 0.4) is 0 Å². The molecule has 5 heteroatoms. The maximum absolute atomic E-state index is 13.1. The highest BCUT2D eigenvalue weighted by atomic mass is 32.1. The van der Waals surface area contributed by atoms with Gasteiger partial charge in [-0.2, -0.15) is 0 Å². The second-order valence-electron chi connectivity index (χ2n) is 6.50. The van der Waals surface area contributed by atoms with E-state index >= 15 is 0 Å². The number of fused-ring (bicyclic) bond motifs is 1. The van der Waals surface area contributed by atoms with Gasteiger partial charge in [0.2, 0.25) is 0 Å². The summed E-state index contributed by atoms with van der Waals surface area (Å²) < 4.78 is 5.53. The van der Waals surface area contributed by atoms with Crippen molar-refractivity contribution >= 4 is 17.2 Å². The van der Waals surface area contributed by atoms with E-state index in [4.69, 9.17) is 4.74 Å². The molecule has 2 aromatic rings. The van der Waals surface area contributed by atoms with Crippen LogP contribution < -0.4 is 0 Å². The highest BCUT2D eigenvalue weighted by molar-refractivity contribution is 7.10. The average Bonchev–Trinajstić information content (AvgIpc) is 3.10. The molecular formula is C19H21NO3S. The van der Waals surface area contributed by atoms with Gasteiger partial charge in [-0.15, -0.1) is 11.3 Å². The Bertz CT molecular complexity index is 718. The molecule has 1 amide bonds. The smallest absolute Gasteiger partial charge is 0.254 e. The largest absolute Gasteiger partial charge is 0.508 e. The first kappa shape index (κ1) is 15.7. The molecule has 1 N–H and O–H groups in total. The van der Waals surface area contributed by atoms with Crippen LogP contribution in [0, 0.1) is 5.92 Å². The van der Waals surface area contributed by atoms with Crippen LogP contribution in [0.1, 0.15) is 39.7 Å². The van der Waals surface area contributed by atoms with Crippen molar-refractivity contribution in [2.75, 3.05) is 19.8 Å². The number of amides is 1. The molecule has 1 fully saturated rings. The van der Waals surface area contributed by atoms with Crippen LogP contribution in [0.25, 0.3) is 0 Å². The summed E-state index contributed by atoms with van der Waals surface area (Å²) in [6, 6.07) is 8.94. The minimum absolute atomic E-state index is 0.0607. The number of benzene rings is 1. The van der Waals surface area contributed by atoms with Crippen molar-refractivity contribution in [2.45, 2.75) is 25.3 Å². The third-order valence-electron chi connectivity index (χ3n) is 5.09. The SMILES string of the molecule is O=C(c1ccc(O)cc1)N1CCc2ccsc2C1C1CCOCC1. The molecule has 1 aromatic heterocycles. The van der Waals surface area contributed by atoms with Crippen LogP contribution in [0.2, 0.25) is 0 Å². The Hall–Kier alpha value is -1.85. The number of carbonyl (C=O) groups excluding carboxylic acids is 1. The van der Waals surface area contributed by atoms with Crippen molar-refractivity contribution in [2.24, 2.45) is 5.92 Å². The molecule has 4 nitrogen and oxygen atoms in total. The molecule has 0 radical (unpaired) electrons. The first-order chi connectivity index (χ1) is 11.7. The first-order valence-electron chi connectivity index (χ1n) is 8.48. The zero-order valence-corrected chi connectivity index (χ0v) is 14.3. The van der Waals surface area contributed by atoms with E-state index in [2.05, 4.69) is 11.4 Å². The Morgan fingerprint density at radius 2 is 1.92 bits per heavy atom. The van der Waals surface area contributed by atoms with Crippen LogP contribution in [0.5, 0.6) is 5.75 Å². The first-order valence-corrected chi connectivity index (χ1v) is 9.36. The van der Waals surface area contributed by atoms with Gasteiger partial charge in [-0.25, -0.2) is 0 Å². The standard InChI is InChI=1S/C19H21NO3S/c21-16-3-1-15(2-4-16)19(22)20-9-5-14-8-12-24-18(14)17(20)13-6-10-23-11-7-13/h1-4,8,12-13,17,21H,5-7,9-11H2. The van der Waals surface area contributed by atoms with Crippen LogP contribution in [0.4, 0.5) is 0 Å². The predicted octanol–water partition coefficient (Wildman–Crippen LogP) is 3.62. The van der Waals surface area contributed by atoms with Crippen molar-refractivity contribution in [1.29, 1.82) is 0 Å². The van der Waals surface area contributed by atoms with Gasteiger partial charge in [0.1, 0.15) is 5.75 Å². The predicted molar refractivity (Wildman–Crippen MR) is 93.5 cm³/mol. The number of hydrogen-bond donors (Lipinski definition) is 1. The zero-order valence-electron chi connectivity index (χ0n) is 13.5. The number of hydrogen-bond acceptors (Lipinski definition) is 4. The zero-order chi connectivity index (χ0) is 16.5. The van der Waals surface area contributed by atoms with Crippen LogP contribution in [-0.4, -0.2) is 35.7 Å². The lowest BCUT2D eigenvalue weighted by atomic mass is 9.85. The third kappa shape index (κ3) is 2.82.